The maximum absolute atomic E-state index is 12.2. The molecule has 8 heteroatoms. The third-order valence-corrected chi connectivity index (χ3v) is 3.31. The number of aryl methyl sites for hydroxylation is 3. The van der Waals surface area contributed by atoms with E-state index in [0.717, 1.165) is 0 Å². The maximum Gasteiger partial charge on any atom is 0.342 e. The van der Waals surface area contributed by atoms with Gasteiger partial charge in [-0.2, -0.15) is 0 Å². The molecule has 0 spiro atoms. The van der Waals surface area contributed by atoms with Gasteiger partial charge >= 0.3 is 5.97 Å². The minimum Gasteiger partial charge on any atom is -0.449 e. The highest BCUT2D eigenvalue weighted by molar-refractivity contribution is 6.32. The SMILES string of the molecule is Cc1cc(C)c(C(=O)O[C@@H](C)C(=O)Nc2cc(C)on2)c(Cl)n1. The molecule has 0 bridgehead atoms. The van der Waals surface area contributed by atoms with E-state index in [1.54, 1.807) is 32.9 Å². The first-order chi connectivity index (χ1) is 10.8. The molecule has 0 fully saturated rings. The molecule has 0 radical (unpaired) electrons. The van der Waals surface area contributed by atoms with Gasteiger partial charge in [-0.25, -0.2) is 9.78 Å². The molecule has 7 nitrogen and oxygen atoms in total. The summed E-state index contributed by atoms with van der Waals surface area (Å²) in [6, 6.07) is 3.27. The van der Waals surface area contributed by atoms with Crippen molar-refractivity contribution >= 4 is 29.3 Å². The van der Waals surface area contributed by atoms with Gasteiger partial charge < -0.3 is 14.6 Å². The monoisotopic (exact) mass is 337 g/mol. The van der Waals surface area contributed by atoms with E-state index < -0.39 is 18.0 Å². The molecule has 0 saturated heterocycles. The maximum atomic E-state index is 12.2. The first-order valence-corrected chi connectivity index (χ1v) is 7.24. The van der Waals surface area contributed by atoms with Gasteiger partial charge in [0.25, 0.3) is 5.91 Å². The van der Waals surface area contributed by atoms with Gasteiger partial charge in [0, 0.05) is 11.8 Å². The Morgan fingerprint density at radius 3 is 2.57 bits per heavy atom. The lowest BCUT2D eigenvalue weighted by Gasteiger charge is -2.14. The number of carbonyl (C=O) groups is 2. The van der Waals surface area contributed by atoms with Crippen LogP contribution in [0.15, 0.2) is 16.7 Å². The van der Waals surface area contributed by atoms with E-state index in [9.17, 15) is 9.59 Å². The number of rotatable bonds is 4. The molecule has 0 aliphatic heterocycles. The Hall–Kier alpha value is -2.41. The second-order valence-electron chi connectivity index (χ2n) is 5.11. The Kier molecular flexibility index (Phi) is 5.00. The number of aromatic nitrogens is 2. The van der Waals surface area contributed by atoms with E-state index in [2.05, 4.69) is 15.5 Å². The molecule has 0 unspecified atom stereocenters. The number of nitrogens with one attached hydrogen (secondary N) is 1. The van der Waals surface area contributed by atoms with Crippen LogP contribution in [-0.4, -0.2) is 28.1 Å². The van der Waals surface area contributed by atoms with Gasteiger partial charge in [0.15, 0.2) is 11.9 Å². The molecule has 2 aromatic rings. The highest BCUT2D eigenvalue weighted by Gasteiger charge is 2.23. The van der Waals surface area contributed by atoms with E-state index in [1.165, 1.54) is 6.92 Å². The lowest BCUT2D eigenvalue weighted by atomic mass is 10.1. The van der Waals surface area contributed by atoms with E-state index in [-0.39, 0.29) is 16.5 Å². The quantitative estimate of drug-likeness (QED) is 0.681. The third kappa shape index (κ3) is 4.07. The van der Waals surface area contributed by atoms with Crippen molar-refractivity contribution in [2.45, 2.75) is 33.8 Å². The van der Waals surface area contributed by atoms with Gasteiger partial charge in [-0.05, 0) is 39.3 Å². The van der Waals surface area contributed by atoms with Crippen LogP contribution < -0.4 is 5.32 Å². The van der Waals surface area contributed by atoms with E-state index in [0.29, 0.717) is 17.0 Å². The molecular formula is C15H16ClN3O4. The summed E-state index contributed by atoms with van der Waals surface area (Å²) in [7, 11) is 0. The topological polar surface area (TPSA) is 94.3 Å². The Bertz CT molecular complexity index is 734. The van der Waals surface area contributed by atoms with Crippen molar-refractivity contribution < 1.29 is 18.8 Å². The van der Waals surface area contributed by atoms with E-state index >= 15 is 0 Å². The number of anilines is 1. The highest BCUT2D eigenvalue weighted by Crippen LogP contribution is 2.20. The predicted molar refractivity (Wildman–Crippen MR) is 83.5 cm³/mol. The Labute approximate surface area is 138 Å². The van der Waals surface area contributed by atoms with Gasteiger partial charge in [0.1, 0.15) is 10.9 Å². The lowest BCUT2D eigenvalue weighted by Crippen LogP contribution is -2.30. The van der Waals surface area contributed by atoms with Gasteiger partial charge in [0.05, 0.1) is 5.56 Å². The molecule has 1 N–H and O–H groups in total. The second kappa shape index (κ2) is 6.78. The predicted octanol–water partition coefficient (Wildman–Crippen LogP) is 2.83. The molecule has 1 atom stereocenters. The molecule has 1 amide bonds. The van der Waals surface area contributed by atoms with Crippen LogP contribution in [0.5, 0.6) is 0 Å². The Balaban J connectivity index is 2.06. The largest absolute Gasteiger partial charge is 0.449 e. The number of esters is 1. The van der Waals surface area contributed by atoms with Gasteiger partial charge in [-0.3, -0.25) is 4.79 Å². The van der Waals surface area contributed by atoms with Crippen LogP contribution in [0.2, 0.25) is 5.15 Å². The van der Waals surface area contributed by atoms with Crippen LogP contribution in [0.25, 0.3) is 0 Å². The van der Waals surface area contributed by atoms with Gasteiger partial charge in [0.2, 0.25) is 0 Å². The zero-order valence-corrected chi connectivity index (χ0v) is 13.9. The number of hydrogen-bond acceptors (Lipinski definition) is 6. The summed E-state index contributed by atoms with van der Waals surface area (Å²) in [5.74, 6) is -0.431. The Morgan fingerprint density at radius 2 is 2.00 bits per heavy atom. The van der Waals surface area contributed by atoms with E-state index in [4.69, 9.17) is 20.9 Å². The summed E-state index contributed by atoms with van der Waals surface area (Å²) in [5, 5.41) is 6.17. The van der Waals surface area contributed by atoms with Crippen molar-refractivity contribution in [2.75, 3.05) is 5.32 Å². The number of ether oxygens (including phenoxy) is 1. The first-order valence-electron chi connectivity index (χ1n) is 6.87. The van der Waals surface area contributed by atoms with Crippen molar-refractivity contribution in [1.29, 1.82) is 0 Å². The van der Waals surface area contributed by atoms with Crippen molar-refractivity contribution in [2.24, 2.45) is 0 Å². The molecular weight excluding hydrogens is 322 g/mol. The van der Waals surface area contributed by atoms with Crippen LogP contribution in [0, 0.1) is 20.8 Å². The number of nitrogens with zero attached hydrogens (tertiary/aromatic N) is 2. The number of hydrogen-bond donors (Lipinski definition) is 1. The standard InChI is InChI=1S/C15H16ClN3O4/c1-7-5-8(2)17-13(16)12(7)15(21)22-10(4)14(20)18-11-6-9(3)23-19-11/h5-6,10H,1-4H3,(H,18,19,20)/t10-/m0/s1. The summed E-state index contributed by atoms with van der Waals surface area (Å²) >= 11 is 5.99. The summed E-state index contributed by atoms with van der Waals surface area (Å²) in [5.41, 5.74) is 1.47. The molecule has 23 heavy (non-hydrogen) atoms. The van der Waals surface area contributed by atoms with E-state index in [1.807, 2.05) is 0 Å². The van der Waals surface area contributed by atoms with Gasteiger partial charge in [-0.15, -0.1) is 0 Å². The lowest BCUT2D eigenvalue weighted by molar-refractivity contribution is -0.123. The minimum atomic E-state index is -1.03. The fraction of sp³-hybridized carbons (Fsp3) is 0.333. The molecule has 0 aliphatic carbocycles. The minimum absolute atomic E-state index is 0.0484. The first kappa shape index (κ1) is 17.0. The van der Waals surface area contributed by atoms with Crippen LogP contribution in [0.1, 0.15) is 34.3 Å². The summed E-state index contributed by atoms with van der Waals surface area (Å²) in [4.78, 5) is 28.2. The average molecular weight is 338 g/mol. The van der Waals surface area contributed by atoms with Crippen molar-refractivity contribution in [3.05, 3.63) is 39.9 Å². The van der Waals surface area contributed by atoms with Gasteiger partial charge in [-0.1, -0.05) is 16.8 Å². The number of pyridine rings is 1. The molecule has 0 saturated carbocycles. The normalized spacial score (nSPS) is 11.9. The molecule has 0 aromatic carbocycles. The Morgan fingerprint density at radius 1 is 1.30 bits per heavy atom. The van der Waals surface area contributed by atoms with Crippen molar-refractivity contribution in [1.82, 2.24) is 10.1 Å². The van der Waals surface area contributed by atoms with Crippen LogP contribution in [0.3, 0.4) is 0 Å². The van der Waals surface area contributed by atoms with Crippen LogP contribution >= 0.6 is 11.6 Å². The molecule has 2 rings (SSSR count). The fourth-order valence-corrected chi connectivity index (χ4v) is 2.32. The molecule has 2 aromatic heterocycles. The van der Waals surface area contributed by atoms with Crippen molar-refractivity contribution in [3.8, 4) is 0 Å². The number of carbonyl (C=O) groups excluding carboxylic acids is 2. The fourth-order valence-electron chi connectivity index (χ4n) is 1.96. The third-order valence-electron chi connectivity index (χ3n) is 3.04. The molecule has 122 valence electrons. The van der Waals surface area contributed by atoms with Crippen LogP contribution in [0.4, 0.5) is 5.82 Å². The van der Waals surface area contributed by atoms with Crippen molar-refractivity contribution in [3.63, 3.8) is 0 Å². The summed E-state index contributed by atoms with van der Waals surface area (Å²) in [6.07, 6.45) is -1.03. The smallest absolute Gasteiger partial charge is 0.342 e. The average Bonchev–Trinajstić information content (AvgIpc) is 2.82. The van der Waals surface area contributed by atoms with Crippen LogP contribution in [-0.2, 0) is 9.53 Å². The zero-order chi connectivity index (χ0) is 17.1. The summed E-state index contributed by atoms with van der Waals surface area (Å²) in [6.45, 7) is 6.64. The molecule has 0 aliphatic rings. The number of halogens is 1. The number of amides is 1. The summed E-state index contributed by atoms with van der Waals surface area (Å²) < 4.78 is 9.98. The zero-order valence-electron chi connectivity index (χ0n) is 13.1. The second-order valence-corrected chi connectivity index (χ2v) is 5.46. The molecule has 2 heterocycles. The highest BCUT2D eigenvalue weighted by atomic mass is 35.5.